The molecule has 0 spiro atoms. The van der Waals surface area contributed by atoms with Crippen LogP contribution in [0.15, 0.2) is 0 Å². The van der Waals surface area contributed by atoms with E-state index < -0.39 is 0 Å². The van der Waals surface area contributed by atoms with Gasteiger partial charge in [0, 0.05) is 18.1 Å². The van der Waals surface area contributed by atoms with Crippen molar-refractivity contribution >= 4 is 0 Å². The normalized spacial score (nSPS) is 28.6. The largest absolute Gasteiger partial charge is 0.312 e. The van der Waals surface area contributed by atoms with Crippen molar-refractivity contribution in [3.8, 4) is 0 Å². The molecular formula is C18H38N2. The highest BCUT2D eigenvalue weighted by atomic mass is 15.2. The highest BCUT2D eigenvalue weighted by molar-refractivity contribution is 4.96. The summed E-state index contributed by atoms with van der Waals surface area (Å²) in [7, 11) is 2.34. The van der Waals surface area contributed by atoms with E-state index in [-0.39, 0.29) is 0 Å². The number of rotatable bonds is 5. The zero-order valence-electron chi connectivity index (χ0n) is 15.2. The lowest BCUT2D eigenvalue weighted by atomic mass is 9.71. The van der Waals surface area contributed by atoms with Gasteiger partial charge in [-0.3, -0.25) is 4.90 Å². The Bertz CT molecular complexity index is 290. The lowest BCUT2D eigenvalue weighted by molar-refractivity contribution is 0.0252. The molecule has 120 valence electrons. The van der Waals surface area contributed by atoms with E-state index in [1.165, 1.54) is 25.7 Å². The Balaban J connectivity index is 2.82. The van der Waals surface area contributed by atoms with Crippen molar-refractivity contribution in [1.82, 2.24) is 10.2 Å². The van der Waals surface area contributed by atoms with Gasteiger partial charge in [0.05, 0.1) is 0 Å². The molecule has 3 atom stereocenters. The van der Waals surface area contributed by atoms with Crippen molar-refractivity contribution < 1.29 is 0 Å². The lowest BCUT2D eigenvalue weighted by Crippen LogP contribution is -2.57. The lowest BCUT2D eigenvalue weighted by Gasteiger charge is -2.49. The molecule has 20 heavy (non-hydrogen) atoms. The highest BCUT2D eigenvalue weighted by Gasteiger charge is 2.39. The topological polar surface area (TPSA) is 15.3 Å². The second-order valence-corrected chi connectivity index (χ2v) is 8.74. The van der Waals surface area contributed by atoms with E-state index in [1.807, 2.05) is 0 Å². The van der Waals surface area contributed by atoms with E-state index in [0.29, 0.717) is 29.0 Å². The molecule has 1 fully saturated rings. The summed E-state index contributed by atoms with van der Waals surface area (Å²) in [6.07, 6.45) is 5.21. The quantitative estimate of drug-likeness (QED) is 0.809. The summed E-state index contributed by atoms with van der Waals surface area (Å²) in [5, 5.41) is 3.80. The minimum Gasteiger partial charge on any atom is -0.312 e. The van der Waals surface area contributed by atoms with Crippen LogP contribution in [0, 0.1) is 10.8 Å². The Morgan fingerprint density at radius 2 is 1.90 bits per heavy atom. The zero-order valence-corrected chi connectivity index (χ0v) is 15.2. The van der Waals surface area contributed by atoms with Gasteiger partial charge in [-0.05, 0) is 57.0 Å². The molecule has 0 aromatic rings. The third-order valence-electron chi connectivity index (χ3n) is 5.40. The van der Waals surface area contributed by atoms with Gasteiger partial charge < -0.3 is 5.32 Å². The molecule has 2 nitrogen and oxygen atoms in total. The molecule has 1 saturated carbocycles. The first-order valence-corrected chi connectivity index (χ1v) is 8.54. The Kier molecular flexibility index (Phi) is 6.10. The van der Waals surface area contributed by atoms with Crippen LogP contribution in [-0.4, -0.2) is 36.6 Å². The summed E-state index contributed by atoms with van der Waals surface area (Å²) < 4.78 is 0. The molecule has 1 rings (SSSR count). The van der Waals surface area contributed by atoms with Crippen LogP contribution in [0.2, 0.25) is 0 Å². The van der Waals surface area contributed by atoms with Gasteiger partial charge in [-0.15, -0.1) is 0 Å². The predicted octanol–water partition coefficient (Wildman–Crippen LogP) is 4.30. The van der Waals surface area contributed by atoms with Gasteiger partial charge in [0.2, 0.25) is 0 Å². The first-order valence-electron chi connectivity index (χ1n) is 8.54. The van der Waals surface area contributed by atoms with Crippen molar-refractivity contribution in [3.05, 3.63) is 0 Å². The molecule has 0 aromatic carbocycles. The van der Waals surface area contributed by atoms with E-state index in [1.54, 1.807) is 0 Å². The molecule has 0 amide bonds. The summed E-state index contributed by atoms with van der Waals surface area (Å²) in [5.41, 5.74) is 0.826. The Morgan fingerprint density at radius 1 is 1.30 bits per heavy atom. The summed E-state index contributed by atoms with van der Waals surface area (Å²) in [6, 6.07) is 1.93. The maximum absolute atomic E-state index is 3.80. The molecule has 2 heteroatoms. The van der Waals surface area contributed by atoms with Crippen LogP contribution >= 0.6 is 0 Å². The van der Waals surface area contributed by atoms with Crippen molar-refractivity contribution in [1.29, 1.82) is 0 Å². The maximum Gasteiger partial charge on any atom is 0.0254 e. The summed E-state index contributed by atoms with van der Waals surface area (Å²) in [6.45, 7) is 17.7. The third-order valence-corrected chi connectivity index (χ3v) is 5.40. The summed E-state index contributed by atoms with van der Waals surface area (Å²) in [5.74, 6) is 0. The van der Waals surface area contributed by atoms with Gasteiger partial charge in [0.1, 0.15) is 0 Å². The maximum atomic E-state index is 3.80. The molecule has 0 aliphatic heterocycles. The molecule has 0 aromatic heterocycles. The third kappa shape index (κ3) is 4.73. The minimum absolute atomic E-state index is 0.339. The van der Waals surface area contributed by atoms with Crippen molar-refractivity contribution in [2.45, 2.75) is 92.3 Å². The first-order chi connectivity index (χ1) is 9.08. The second kappa shape index (κ2) is 6.79. The van der Waals surface area contributed by atoms with Crippen molar-refractivity contribution in [3.63, 3.8) is 0 Å². The van der Waals surface area contributed by atoms with Gasteiger partial charge in [-0.25, -0.2) is 0 Å². The van der Waals surface area contributed by atoms with Crippen LogP contribution < -0.4 is 5.32 Å². The Morgan fingerprint density at radius 3 is 2.40 bits per heavy atom. The van der Waals surface area contributed by atoms with Crippen LogP contribution in [0.1, 0.15) is 74.1 Å². The predicted molar refractivity (Wildman–Crippen MR) is 90.2 cm³/mol. The zero-order chi connectivity index (χ0) is 15.6. The van der Waals surface area contributed by atoms with E-state index in [2.05, 4.69) is 65.7 Å². The number of hydrogen-bond donors (Lipinski definition) is 1. The minimum atomic E-state index is 0.339. The molecule has 3 unspecified atom stereocenters. The Labute approximate surface area is 127 Å². The molecule has 0 heterocycles. The molecule has 1 aliphatic rings. The number of likely N-dealkylation sites (N-methyl/N-ethyl adjacent to an activating group) is 1. The van der Waals surface area contributed by atoms with Crippen LogP contribution in [0.25, 0.3) is 0 Å². The van der Waals surface area contributed by atoms with Gasteiger partial charge in [-0.1, -0.05) is 41.5 Å². The van der Waals surface area contributed by atoms with Gasteiger partial charge in [-0.2, -0.15) is 0 Å². The van der Waals surface area contributed by atoms with E-state index in [9.17, 15) is 0 Å². The fourth-order valence-electron chi connectivity index (χ4n) is 3.44. The number of nitrogens with zero attached hydrogens (tertiary/aromatic N) is 1. The van der Waals surface area contributed by atoms with Gasteiger partial charge >= 0.3 is 0 Å². The fraction of sp³-hybridized carbons (Fsp3) is 1.00. The molecule has 1 aliphatic carbocycles. The fourth-order valence-corrected chi connectivity index (χ4v) is 3.44. The summed E-state index contributed by atoms with van der Waals surface area (Å²) >= 11 is 0. The Hall–Kier alpha value is -0.0800. The van der Waals surface area contributed by atoms with Crippen molar-refractivity contribution in [2.75, 3.05) is 13.6 Å². The van der Waals surface area contributed by atoms with E-state index in [4.69, 9.17) is 0 Å². The molecule has 1 N–H and O–H groups in total. The smallest absolute Gasteiger partial charge is 0.0254 e. The molecule has 0 bridgehead atoms. The number of nitrogens with one attached hydrogen (secondary N) is 1. The van der Waals surface area contributed by atoms with E-state index >= 15 is 0 Å². The van der Waals surface area contributed by atoms with Crippen LogP contribution in [-0.2, 0) is 0 Å². The average Bonchev–Trinajstić information content (AvgIpc) is 2.33. The first kappa shape index (κ1) is 18.0. The molecule has 0 saturated heterocycles. The monoisotopic (exact) mass is 282 g/mol. The van der Waals surface area contributed by atoms with Crippen LogP contribution in [0.5, 0.6) is 0 Å². The van der Waals surface area contributed by atoms with Gasteiger partial charge in [0.25, 0.3) is 0 Å². The molecule has 0 radical (unpaired) electrons. The van der Waals surface area contributed by atoms with Gasteiger partial charge in [0.15, 0.2) is 0 Å². The summed E-state index contributed by atoms with van der Waals surface area (Å²) in [4.78, 5) is 2.65. The standard InChI is InChI=1S/C18H38N2/c1-9-12-19-15-10-11-18(6,7)13-16(15)20(8)14(2)17(3,4)5/h14-16,19H,9-13H2,1-8H3. The van der Waals surface area contributed by atoms with Crippen LogP contribution in [0.3, 0.4) is 0 Å². The van der Waals surface area contributed by atoms with E-state index in [0.717, 1.165) is 6.54 Å². The highest BCUT2D eigenvalue weighted by Crippen LogP contribution is 2.39. The molecular weight excluding hydrogens is 244 g/mol. The average molecular weight is 283 g/mol. The van der Waals surface area contributed by atoms with Crippen LogP contribution in [0.4, 0.5) is 0 Å². The second-order valence-electron chi connectivity index (χ2n) is 8.74. The van der Waals surface area contributed by atoms with Crippen molar-refractivity contribution in [2.24, 2.45) is 10.8 Å². The SMILES string of the molecule is CCCNC1CCC(C)(C)CC1N(C)C(C)C(C)(C)C. The number of hydrogen-bond acceptors (Lipinski definition) is 2.